The summed E-state index contributed by atoms with van der Waals surface area (Å²) in [6.07, 6.45) is 0. The summed E-state index contributed by atoms with van der Waals surface area (Å²) >= 11 is 0. The molecule has 0 unspecified atom stereocenters. The van der Waals surface area contributed by atoms with E-state index >= 15 is 0 Å². The zero-order valence-electron chi connectivity index (χ0n) is 20.5. The van der Waals surface area contributed by atoms with E-state index in [0.29, 0.717) is 0 Å². The quantitative estimate of drug-likeness (QED) is 0.312. The van der Waals surface area contributed by atoms with Crippen molar-refractivity contribution in [2.75, 3.05) is 4.90 Å². The van der Waals surface area contributed by atoms with E-state index in [0.717, 1.165) is 11.3 Å². The molecule has 0 bridgehead atoms. The van der Waals surface area contributed by atoms with Crippen LogP contribution in [0.3, 0.4) is 0 Å². The van der Waals surface area contributed by atoms with Gasteiger partial charge in [0.05, 0.1) is 0 Å². The van der Waals surface area contributed by atoms with Crippen molar-refractivity contribution in [2.45, 2.75) is 13.1 Å². The topological polar surface area (TPSA) is 12.5 Å². The molecule has 0 aromatic heterocycles. The molecule has 36 heavy (non-hydrogen) atoms. The van der Waals surface area contributed by atoms with Gasteiger partial charge in [0.15, 0.2) is 0 Å². The van der Waals surface area contributed by atoms with Crippen LogP contribution in [0.15, 0.2) is 121 Å². The minimum absolute atomic E-state index is 0.127. The molecule has 172 valence electrons. The lowest BCUT2D eigenvalue weighted by Gasteiger charge is -2.41. The number of rotatable bonds is 2. The van der Waals surface area contributed by atoms with E-state index in [2.05, 4.69) is 139 Å². The van der Waals surface area contributed by atoms with E-state index in [1.165, 1.54) is 43.9 Å². The first-order valence-corrected chi connectivity index (χ1v) is 15.6. The molecule has 0 N–H and O–H groups in total. The predicted octanol–water partition coefficient (Wildman–Crippen LogP) is 5.46. The second-order valence-corrected chi connectivity index (χ2v) is 14.5. The van der Waals surface area contributed by atoms with Crippen LogP contribution in [0.5, 0.6) is 5.75 Å². The molecule has 2 nitrogen and oxygen atoms in total. The number of hydrogen-bond acceptors (Lipinski definition) is 2. The lowest BCUT2D eigenvalue weighted by atomic mass is 9.52. The molecule has 0 radical (unpaired) electrons. The zero-order valence-corrected chi connectivity index (χ0v) is 21.5. The Morgan fingerprint density at radius 2 is 1.22 bits per heavy atom. The first-order valence-electron chi connectivity index (χ1n) is 12.6. The van der Waals surface area contributed by atoms with Crippen LogP contribution >= 0.6 is 0 Å². The van der Waals surface area contributed by atoms with E-state index in [1.807, 2.05) is 0 Å². The Labute approximate surface area is 213 Å². The van der Waals surface area contributed by atoms with Crippen molar-refractivity contribution < 1.29 is 4.65 Å². The Balaban J connectivity index is 1.46. The van der Waals surface area contributed by atoms with Crippen LogP contribution in [0.2, 0.25) is 13.1 Å². The lowest BCUT2D eigenvalue weighted by Crippen LogP contribution is -2.58. The predicted molar refractivity (Wildman–Crippen MR) is 155 cm³/mol. The highest BCUT2D eigenvalue weighted by Gasteiger charge is 2.39. The smallest absolute Gasteiger partial charge is 0.427 e. The Kier molecular flexibility index (Phi) is 4.73. The van der Waals surface area contributed by atoms with E-state index in [-0.39, 0.29) is 6.92 Å². The number of hydrogen-bond donors (Lipinski definition) is 0. The molecule has 0 atom stereocenters. The van der Waals surface area contributed by atoms with Crippen LogP contribution in [0, 0.1) is 0 Å². The van der Waals surface area contributed by atoms with Gasteiger partial charge in [0.2, 0.25) is 0 Å². The zero-order chi connectivity index (χ0) is 24.3. The van der Waals surface area contributed by atoms with Crippen LogP contribution in [-0.2, 0) is 0 Å². The normalized spacial score (nSPS) is 14.7. The van der Waals surface area contributed by atoms with Crippen molar-refractivity contribution >= 4 is 53.4 Å². The van der Waals surface area contributed by atoms with Gasteiger partial charge in [0.25, 0.3) is 0 Å². The molecule has 0 saturated carbocycles. The molecular weight excluding hydrogens is 453 g/mol. The van der Waals surface area contributed by atoms with Crippen molar-refractivity contribution in [1.29, 1.82) is 0 Å². The summed E-state index contributed by atoms with van der Waals surface area (Å²) in [6.45, 7) is 4.80. The van der Waals surface area contributed by atoms with Gasteiger partial charge in [-0.3, -0.25) is 0 Å². The SMILES string of the molecule is C[Si]1(C)c2ccccc2N(c2ccc3c(c2)-c2ccccc2OB3c2ccccc2)c2ccccc21. The van der Waals surface area contributed by atoms with Gasteiger partial charge < -0.3 is 9.55 Å². The molecule has 0 spiro atoms. The van der Waals surface area contributed by atoms with Crippen molar-refractivity contribution in [3.05, 3.63) is 121 Å². The molecule has 5 aromatic rings. The second kappa shape index (κ2) is 8.01. The van der Waals surface area contributed by atoms with E-state index in [9.17, 15) is 0 Å². The molecule has 4 heteroatoms. The number of para-hydroxylation sites is 3. The van der Waals surface area contributed by atoms with E-state index in [1.54, 1.807) is 0 Å². The minimum Gasteiger partial charge on any atom is -0.551 e. The molecule has 0 fully saturated rings. The first-order chi connectivity index (χ1) is 17.6. The van der Waals surface area contributed by atoms with Gasteiger partial charge in [0, 0.05) is 22.6 Å². The maximum absolute atomic E-state index is 6.56. The van der Waals surface area contributed by atoms with Crippen molar-refractivity contribution in [2.24, 2.45) is 0 Å². The van der Waals surface area contributed by atoms with E-state index in [4.69, 9.17) is 4.65 Å². The number of nitrogens with zero attached hydrogens (tertiary/aromatic N) is 1. The minimum atomic E-state index is -1.81. The summed E-state index contributed by atoms with van der Waals surface area (Å²) in [5, 5.41) is 2.96. The van der Waals surface area contributed by atoms with Crippen molar-refractivity contribution in [1.82, 2.24) is 0 Å². The van der Waals surface area contributed by atoms with Crippen LogP contribution in [0.4, 0.5) is 17.1 Å². The number of anilines is 3. The highest BCUT2D eigenvalue weighted by molar-refractivity contribution is 7.02. The summed E-state index contributed by atoms with van der Waals surface area (Å²) in [5.41, 5.74) is 8.54. The fourth-order valence-electron chi connectivity index (χ4n) is 5.95. The summed E-state index contributed by atoms with van der Waals surface area (Å²) in [4.78, 5) is 2.46. The number of fused-ring (bicyclic) bond motifs is 5. The van der Waals surface area contributed by atoms with Crippen LogP contribution < -0.4 is 30.9 Å². The first kappa shape index (κ1) is 21.3. The second-order valence-electron chi connectivity index (χ2n) is 10.2. The summed E-state index contributed by atoms with van der Waals surface area (Å²) < 4.78 is 6.56. The van der Waals surface area contributed by atoms with Gasteiger partial charge in [0.1, 0.15) is 13.8 Å². The third kappa shape index (κ3) is 3.11. The summed E-state index contributed by atoms with van der Waals surface area (Å²) in [5.74, 6) is 0.934. The molecule has 2 heterocycles. The molecular formula is C32H26BNOSi. The lowest BCUT2D eigenvalue weighted by molar-refractivity contribution is 0.590. The van der Waals surface area contributed by atoms with Gasteiger partial charge in [-0.15, -0.1) is 0 Å². The third-order valence-electron chi connectivity index (χ3n) is 7.74. The van der Waals surface area contributed by atoms with Crippen LogP contribution in [0.25, 0.3) is 11.1 Å². The summed E-state index contributed by atoms with van der Waals surface area (Å²) in [6, 6.07) is 43.8. The van der Waals surface area contributed by atoms with Gasteiger partial charge >= 0.3 is 6.92 Å². The maximum atomic E-state index is 6.56. The molecule has 0 aliphatic carbocycles. The fourth-order valence-corrected chi connectivity index (χ4v) is 8.94. The highest BCUT2D eigenvalue weighted by atomic mass is 28.3. The average Bonchev–Trinajstić information content (AvgIpc) is 2.93. The van der Waals surface area contributed by atoms with Gasteiger partial charge in [-0.05, 0) is 57.2 Å². The Bertz CT molecular complexity index is 1560. The van der Waals surface area contributed by atoms with Crippen LogP contribution in [-0.4, -0.2) is 15.0 Å². The monoisotopic (exact) mass is 479 g/mol. The Hall–Kier alpha value is -4.02. The average molecular weight is 479 g/mol. The van der Waals surface area contributed by atoms with Crippen LogP contribution in [0.1, 0.15) is 0 Å². The largest absolute Gasteiger partial charge is 0.551 e. The van der Waals surface area contributed by atoms with Gasteiger partial charge in [-0.2, -0.15) is 0 Å². The Morgan fingerprint density at radius 1 is 0.611 bits per heavy atom. The number of benzene rings is 5. The van der Waals surface area contributed by atoms with Gasteiger partial charge in [-0.25, -0.2) is 0 Å². The molecule has 0 saturated heterocycles. The fraction of sp³-hybridized carbons (Fsp3) is 0.0625. The highest BCUT2D eigenvalue weighted by Crippen LogP contribution is 2.41. The summed E-state index contributed by atoms with van der Waals surface area (Å²) in [7, 11) is -1.81. The molecule has 7 rings (SSSR count). The van der Waals surface area contributed by atoms with E-state index < -0.39 is 8.07 Å². The Morgan fingerprint density at radius 3 is 1.94 bits per heavy atom. The van der Waals surface area contributed by atoms with Crippen molar-refractivity contribution in [3.63, 3.8) is 0 Å². The third-order valence-corrected chi connectivity index (χ3v) is 11.3. The van der Waals surface area contributed by atoms with Gasteiger partial charge in [-0.1, -0.05) is 104 Å². The van der Waals surface area contributed by atoms with Crippen molar-refractivity contribution in [3.8, 4) is 16.9 Å². The molecule has 2 aliphatic heterocycles. The maximum Gasteiger partial charge on any atom is 0.427 e. The molecule has 0 amide bonds. The molecule has 5 aromatic carbocycles. The standard InChI is InChI=1S/C32H26BNOSi/c1-36(2)31-18-10-7-15-28(31)34(29-16-8-11-19-32(29)36)24-20-21-27-26(22-24)25-14-6-9-17-30(25)35-33(27)23-12-4-3-5-13-23/h3-22H,1-2H3. The molecule has 2 aliphatic rings.